The van der Waals surface area contributed by atoms with Gasteiger partial charge in [0.15, 0.2) is 0 Å². The summed E-state index contributed by atoms with van der Waals surface area (Å²) in [7, 11) is 0. The maximum Gasteiger partial charge on any atom is 0.0633 e. The van der Waals surface area contributed by atoms with Crippen LogP contribution in [-0.2, 0) is 5.41 Å². The predicted molar refractivity (Wildman–Crippen MR) is 365 cm³/mol. The molecule has 3 nitrogen and oxygen atoms in total. The number of hydrogen-bond donors (Lipinski definition) is 0. The number of fused-ring (bicyclic) bond motifs is 4. The van der Waals surface area contributed by atoms with Crippen LogP contribution >= 0.6 is 0 Å². The molecular weight excluding hydrogens is 1000 g/mol. The molecule has 0 saturated heterocycles. The molecule has 0 amide bonds. The van der Waals surface area contributed by atoms with Crippen molar-refractivity contribution in [1.82, 2.24) is 9.13 Å². The van der Waals surface area contributed by atoms with Crippen molar-refractivity contribution in [3.05, 3.63) is 292 Å². The Balaban J connectivity index is 0.000000765. The first-order valence-electron chi connectivity index (χ1n) is 29.7. The van der Waals surface area contributed by atoms with Crippen molar-refractivity contribution in [2.24, 2.45) is 10.9 Å². The fraction of sp³-hybridized carbons (Fsp3) is 0.188. The molecule has 0 spiro atoms. The van der Waals surface area contributed by atoms with Crippen LogP contribution in [0.3, 0.4) is 0 Å². The van der Waals surface area contributed by atoms with Gasteiger partial charge in [-0.3, -0.25) is 4.99 Å². The quantitative estimate of drug-likeness (QED) is 0.0811. The average Bonchev–Trinajstić information content (AvgIpc) is 2.80. The Labute approximate surface area is 494 Å². The Hall–Kier alpha value is -9.05. The molecule has 8 aromatic rings. The molecule has 2 atom stereocenters. The second kappa shape index (κ2) is 27.1. The lowest BCUT2D eigenvalue weighted by atomic mass is 9.75. The largest absolute Gasteiger partial charge is 0.310 e. The molecule has 2 aromatic heterocycles. The van der Waals surface area contributed by atoms with E-state index in [9.17, 15) is 0 Å². The molecule has 416 valence electrons. The van der Waals surface area contributed by atoms with Gasteiger partial charge in [0.25, 0.3) is 0 Å². The zero-order chi connectivity index (χ0) is 58.5. The zero-order valence-corrected chi connectivity index (χ0v) is 50.3. The fourth-order valence-electron chi connectivity index (χ4n) is 11.5. The lowest BCUT2D eigenvalue weighted by Gasteiger charge is -2.28. The van der Waals surface area contributed by atoms with E-state index in [4.69, 9.17) is 4.99 Å². The smallest absolute Gasteiger partial charge is 0.0633 e. The maximum absolute atomic E-state index is 5.23. The van der Waals surface area contributed by atoms with Crippen molar-refractivity contribution >= 4 is 63.2 Å². The van der Waals surface area contributed by atoms with Crippen LogP contribution in [0.4, 0.5) is 0 Å². The summed E-state index contributed by atoms with van der Waals surface area (Å²) in [4.78, 5) is 5.23. The van der Waals surface area contributed by atoms with Gasteiger partial charge in [-0.25, -0.2) is 0 Å². The van der Waals surface area contributed by atoms with E-state index in [-0.39, 0.29) is 11.3 Å². The summed E-state index contributed by atoms with van der Waals surface area (Å²) in [5.74, 6) is 0.146. The van der Waals surface area contributed by atoms with Gasteiger partial charge in [0.1, 0.15) is 0 Å². The maximum atomic E-state index is 5.23. The molecule has 3 heteroatoms. The van der Waals surface area contributed by atoms with Gasteiger partial charge in [-0.05, 0) is 184 Å². The van der Waals surface area contributed by atoms with Crippen LogP contribution in [-0.4, -0.2) is 14.8 Å². The van der Waals surface area contributed by atoms with E-state index in [0.29, 0.717) is 0 Å². The molecule has 0 bridgehead atoms. The molecule has 0 aliphatic heterocycles. The third-order valence-electron chi connectivity index (χ3n) is 16.1. The van der Waals surface area contributed by atoms with Gasteiger partial charge < -0.3 is 9.13 Å². The average molecular weight is 1080 g/mol. The van der Waals surface area contributed by atoms with Gasteiger partial charge in [-0.2, -0.15) is 0 Å². The Morgan fingerprint density at radius 1 is 0.699 bits per heavy atom. The van der Waals surface area contributed by atoms with Crippen LogP contribution in [0.5, 0.6) is 0 Å². The summed E-state index contributed by atoms with van der Waals surface area (Å²) < 4.78 is 4.88. The monoisotopic (exact) mass is 1080 g/mol. The van der Waals surface area contributed by atoms with Gasteiger partial charge in [0.05, 0.1) is 22.1 Å². The van der Waals surface area contributed by atoms with E-state index >= 15 is 0 Å². The van der Waals surface area contributed by atoms with Crippen molar-refractivity contribution in [2.75, 3.05) is 0 Å². The molecule has 2 heterocycles. The Morgan fingerprint density at radius 3 is 2.11 bits per heavy atom. The molecule has 3 aliphatic rings. The van der Waals surface area contributed by atoms with E-state index in [1.54, 1.807) is 6.08 Å². The van der Waals surface area contributed by atoms with Crippen LogP contribution in [0.1, 0.15) is 96.4 Å². The first-order chi connectivity index (χ1) is 40.5. The number of para-hydroxylation sites is 2. The second-order valence-electron chi connectivity index (χ2n) is 21.8. The minimum absolute atomic E-state index is 0.146. The zero-order valence-electron chi connectivity index (χ0n) is 50.3. The lowest BCUT2D eigenvalue weighted by molar-refractivity contribution is 0.651. The van der Waals surface area contributed by atoms with Crippen molar-refractivity contribution in [2.45, 2.75) is 93.4 Å². The molecular formula is C80H81N3. The van der Waals surface area contributed by atoms with Crippen molar-refractivity contribution in [3.8, 4) is 27.9 Å². The molecule has 0 saturated carbocycles. The van der Waals surface area contributed by atoms with E-state index in [1.165, 1.54) is 87.8 Å². The van der Waals surface area contributed by atoms with Gasteiger partial charge in [0.2, 0.25) is 0 Å². The third-order valence-corrected chi connectivity index (χ3v) is 16.1. The van der Waals surface area contributed by atoms with E-state index in [0.717, 1.165) is 59.3 Å². The first-order valence-corrected chi connectivity index (χ1v) is 29.7. The first kappa shape index (κ1) is 58.6. The highest BCUT2D eigenvalue weighted by atomic mass is 15.0. The number of benzene rings is 6. The van der Waals surface area contributed by atoms with Crippen LogP contribution in [0.25, 0.3) is 85.4 Å². The van der Waals surface area contributed by atoms with Gasteiger partial charge in [0, 0.05) is 55.0 Å². The number of aryl methyl sites for hydroxylation is 2. The van der Waals surface area contributed by atoms with Crippen molar-refractivity contribution < 1.29 is 0 Å². The fourth-order valence-corrected chi connectivity index (χ4v) is 11.5. The minimum Gasteiger partial charge on any atom is -0.310 e. The minimum atomic E-state index is -0.288. The van der Waals surface area contributed by atoms with E-state index < -0.39 is 0 Å². The van der Waals surface area contributed by atoms with Crippen LogP contribution < -0.4 is 21.1 Å². The van der Waals surface area contributed by atoms with E-state index in [1.807, 2.05) is 51.1 Å². The van der Waals surface area contributed by atoms with Crippen LogP contribution in [0.2, 0.25) is 0 Å². The lowest BCUT2D eigenvalue weighted by Crippen LogP contribution is -2.43. The molecule has 0 fully saturated rings. The second-order valence-corrected chi connectivity index (χ2v) is 21.8. The highest BCUT2D eigenvalue weighted by Gasteiger charge is 2.28. The van der Waals surface area contributed by atoms with Crippen LogP contribution in [0.15, 0.2) is 254 Å². The van der Waals surface area contributed by atoms with Gasteiger partial charge in [-0.15, -0.1) is 0 Å². The number of allylic oxidation sites excluding steroid dienone is 17. The number of rotatable bonds is 13. The van der Waals surface area contributed by atoms with Crippen molar-refractivity contribution in [3.63, 3.8) is 0 Å². The summed E-state index contributed by atoms with van der Waals surface area (Å²) in [6.07, 6.45) is 43.6. The summed E-state index contributed by atoms with van der Waals surface area (Å²) >= 11 is 0. The van der Waals surface area contributed by atoms with Gasteiger partial charge in [-0.1, -0.05) is 222 Å². The Bertz CT molecular complexity index is 4260. The molecule has 11 rings (SSSR count). The van der Waals surface area contributed by atoms with Crippen molar-refractivity contribution in [1.29, 1.82) is 0 Å². The Morgan fingerprint density at radius 2 is 1.40 bits per heavy atom. The van der Waals surface area contributed by atoms with Crippen LogP contribution in [0, 0.1) is 19.8 Å². The molecule has 2 unspecified atom stereocenters. The predicted octanol–water partition coefficient (Wildman–Crippen LogP) is 18.7. The SMILES string of the molecule is C=C(N=C(/C=C(C)/C=c1\c2c(n(-c3ccccc3)\c1=C\C=C/C)=CCC(C)(c1ccc(C)c(-c3cc(-c4ccc5c(c4)c4ccccc4n5C4=CCCC=C4)ccc3C)c1)C=2)C1C=CC=CC1)c1ccccc1.C=C/C=C\C(C)=C/C.CC. The highest BCUT2D eigenvalue weighted by Crippen LogP contribution is 2.40. The molecule has 3 aliphatic carbocycles. The number of aliphatic imine (C=N–C) groups is 1. The number of aromatic nitrogens is 2. The van der Waals surface area contributed by atoms with E-state index in [2.05, 4.69) is 276 Å². The molecule has 6 aromatic carbocycles. The number of hydrogen-bond acceptors (Lipinski definition) is 1. The summed E-state index contributed by atoms with van der Waals surface area (Å²) in [6, 6.07) is 51.2. The summed E-state index contributed by atoms with van der Waals surface area (Å²) in [5.41, 5.74) is 18.6. The number of nitrogens with zero attached hydrogens (tertiary/aromatic N) is 3. The topological polar surface area (TPSA) is 22.2 Å². The summed E-state index contributed by atoms with van der Waals surface area (Å²) in [5, 5.41) is 7.35. The molecule has 0 N–H and O–H groups in total. The summed E-state index contributed by atoms with van der Waals surface area (Å²) in [6.45, 7) is 27.3. The normalized spacial score (nSPS) is 17.4. The standard InChI is InChI=1S/C70H63N3.C8H12.C2H6/c1-7-8-32-67-62(42-48(2)43-65(53-25-15-10-16-26-53)71-51(5)52-23-13-9-14-24-52)64-47-70(6,41-40-69(64)73(67)58-29-19-12-20-30-58)56-38-35-50(4)61(46-56)60-44-54(36-34-49(60)3)55-37-39-68-63(45-55)59-31-21-22-33-66(59)72(68)57-27-17-11-18-28-57;1-4-6-7-8(3)5-2;1-2/h7-10,12-17,19-25,27-40,42-47,53H,5,11,18,26,41H2,1-4,6H3;4-7H,1H2,2-3H3;1-2H3/b8-7-,48-43+,62-42+,67-32+,71-65?;7-6-,8-5-;. The molecule has 0 radical (unpaired) electrons. The highest BCUT2D eigenvalue weighted by molar-refractivity contribution is 6.11. The third kappa shape index (κ3) is 13.0. The Kier molecular flexibility index (Phi) is 19.2. The van der Waals surface area contributed by atoms with Gasteiger partial charge >= 0.3 is 0 Å². The molecule has 83 heavy (non-hydrogen) atoms.